The van der Waals surface area contributed by atoms with Crippen molar-refractivity contribution in [3.8, 4) is 0 Å². The van der Waals surface area contributed by atoms with Crippen molar-refractivity contribution in [1.29, 1.82) is 0 Å². The molecular formula is C24H35I. The molecule has 5 aliphatic rings. The first-order chi connectivity index (χ1) is 12.3. The molecule has 3 fully saturated rings. The minimum atomic E-state index is 0.931. The predicted octanol–water partition coefficient (Wildman–Crippen LogP) is 7.34. The van der Waals surface area contributed by atoms with Gasteiger partial charge in [0, 0.05) is 3.92 Å². The van der Waals surface area contributed by atoms with Gasteiger partial charge in [0.25, 0.3) is 0 Å². The van der Waals surface area contributed by atoms with Crippen molar-refractivity contribution in [2.45, 2.75) is 81.0 Å². The van der Waals surface area contributed by atoms with E-state index in [1.54, 1.807) is 6.42 Å². The molecule has 0 aromatic carbocycles. The third-order valence-corrected chi connectivity index (χ3v) is 9.97. The van der Waals surface area contributed by atoms with Gasteiger partial charge in [0.15, 0.2) is 0 Å². The Morgan fingerprint density at radius 3 is 2.56 bits per heavy atom. The highest BCUT2D eigenvalue weighted by Gasteiger charge is 2.42. The minimum Gasteiger partial charge on any atom is -0.0882 e. The molecule has 1 heteroatoms. The Balaban J connectivity index is 1.26. The fourth-order valence-corrected chi connectivity index (χ4v) is 8.49. The van der Waals surface area contributed by atoms with E-state index in [1.165, 1.54) is 70.6 Å². The van der Waals surface area contributed by atoms with Crippen LogP contribution in [0.25, 0.3) is 0 Å². The van der Waals surface area contributed by atoms with Crippen LogP contribution in [0.2, 0.25) is 0 Å². The molecule has 0 aromatic rings. The molecule has 8 atom stereocenters. The van der Waals surface area contributed by atoms with Gasteiger partial charge >= 0.3 is 0 Å². The van der Waals surface area contributed by atoms with E-state index in [0.29, 0.717) is 0 Å². The number of halogens is 1. The van der Waals surface area contributed by atoms with Crippen molar-refractivity contribution in [2.75, 3.05) is 0 Å². The predicted molar refractivity (Wildman–Crippen MR) is 115 cm³/mol. The summed E-state index contributed by atoms with van der Waals surface area (Å²) in [6.45, 7) is 0. The molecule has 5 aliphatic carbocycles. The van der Waals surface area contributed by atoms with Crippen LogP contribution in [0.3, 0.4) is 0 Å². The Morgan fingerprint density at radius 1 is 0.800 bits per heavy atom. The van der Waals surface area contributed by atoms with Crippen molar-refractivity contribution in [3.63, 3.8) is 0 Å². The van der Waals surface area contributed by atoms with Gasteiger partial charge in [-0.05, 0) is 118 Å². The molecule has 0 nitrogen and oxygen atoms in total. The lowest BCUT2D eigenvalue weighted by Crippen LogP contribution is -2.38. The number of allylic oxidation sites excluding steroid dienone is 4. The van der Waals surface area contributed by atoms with Gasteiger partial charge in [0.2, 0.25) is 0 Å². The number of hydrogen-bond donors (Lipinski definition) is 0. The maximum Gasteiger partial charge on any atom is 0.0112 e. The monoisotopic (exact) mass is 450 g/mol. The summed E-state index contributed by atoms with van der Waals surface area (Å²) in [7, 11) is 0. The summed E-state index contributed by atoms with van der Waals surface area (Å²) in [6, 6.07) is 0. The fourth-order valence-electron chi connectivity index (χ4n) is 7.48. The molecule has 0 N–H and O–H groups in total. The highest BCUT2D eigenvalue weighted by Crippen LogP contribution is 2.53. The van der Waals surface area contributed by atoms with E-state index in [9.17, 15) is 0 Å². The highest BCUT2D eigenvalue weighted by molar-refractivity contribution is 14.1. The van der Waals surface area contributed by atoms with Crippen LogP contribution in [0.15, 0.2) is 23.8 Å². The van der Waals surface area contributed by atoms with Crippen LogP contribution in [-0.4, -0.2) is 3.92 Å². The molecule has 3 saturated carbocycles. The van der Waals surface area contributed by atoms with Crippen molar-refractivity contribution in [2.24, 2.45) is 41.4 Å². The zero-order valence-electron chi connectivity index (χ0n) is 15.7. The van der Waals surface area contributed by atoms with Gasteiger partial charge < -0.3 is 0 Å². The molecule has 0 radical (unpaired) electrons. The molecule has 0 amide bonds. The molecular weight excluding hydrogens is 415 g/mol. The van der Waals surface area contributed by atoms with Gasteiger partial charge in [0.1, 0.15) is 0 Å². The molecule has 5 rings (SSSR count). The van der Waals surface area contributed by atoms with Gasteiger partial charge in [-0.3, -0.25) is 0 Å². The van der Waals surface area contributed by atoms with Crippen LogP contribution < -0.4 is 0 Å². The Morgan fingerprint density at radius 2 is 1.60 bits per heavy atom. The first-order valence-corrected chi connectivity index (χ1v) is 12.5. The van der Waals surface area contributed by atoms with Crippen molar-refractivity contribution < 1.29 is 0 Å². The van der Waals surface area contributed by atoms with E-state index < -0.39 is 0 Å². The largest absolute Gasteiger partial charge is 0.0882 e. The number of hydrogen-bond acceptors (Lipinski definition) is 0. The van der Waals surface area contributed by atoms with Crippen LogP contribution in [0.1, 0.15) is 77.0 Å². The number of rotatable bonds is 1. The van der Waals surface area contributed by atoms with Crippen LogP contribution in [0, 0.1) is 41.4 Å². The molecule has 7 unspecified atom stereocenters. The lowest BCUT2D eigenvalue weighted by Gasteiger charge is -2.48. The first-order valence-electron chi connectivity index (χ1n) is 11.3. The average Bonchev–Trinajstić information content (AvgIpc) is 2.67. The van der Waals surface area contributed by atoms with E-state index >= 15 is 0 Å². The summed E-state index contributed by atoms with van der Waals surface area (Å²) < 4.78 is 0.976. The summed E-state index contributed by atoms with van der Waals surface area (Å²) in [5, 5.41) is 0. The molecule has 25 heavy (non-hydrogen) atoms. The van der Waals surface area contributed by atoms with Crippen molar-refractivity contribution in [3.05, 3.63) is 23.8 Å². The third kappa shape index (κ3) is 3.41. The molecule has 0 aromatic heterocycles. The summed E-state index contributed by atoms with van der Waals surface area (Å²) in [4.78, 5) is 0. The zero-order chi connectivity index (χ0) is 16.8. The van der Waals surface area contributed by atoms with Crippen molar-refractivity contribution in [1.82, 2.24) is 0 Å². The maximum absolute atomic E-state index is 2.75. The summed E-state index contributed by atoms with van der Waals surface area (Å²) in [5.74, 6) is 7.08. The van der Waals surface area contributed by atoms with Crippen LogP contribution in [0.5, 0.6) is 0 Å². The standard InChI is InChI=1S/C24H35I/c25-22-11-9-18-13-17(6-7-20(18)15-22)19-10-12-24-21(14-19)8-5-16-3-1-2-4-23(16)24/h2,4,10,16-18,20-24H,1,3,5-9,11-15H2/t16?,17?,18?,20?,21?,22?,23?,24-/m0/s1. The van der Waals surface area contributed by atoms with E-state index in [0.717, 1.165) is 45.3 Å². The van der Waals surface area contributed by atoms with E-state index in [4.69, 9.17) is 0 Å². The zero-order valence-corrected chi connectivity index (χ0v) is 17.9. The van der Waals surface area contributed by atoms with E-state index in [2.05, 4.69) is 40.8 Å². The van der Waals surface area contributed by atoms with Gasteiger partial charge in [-0.1, -0.05) is 46.4 Å². The van der Waals surface area contributed by atoms with Crippen molar-refractivity contribution >= 4 is 22.6 Å². The molecule has 0 spiro atoms. The Hall–Kier alpha value is 0.210. The maximum atomic E-state index is 2.75. The Labute approximate surface area is 168 Å². The third-order valence-electron chi connectivity index (χ3n) is 8.84. The van der Waals surface area contributed by atoms with E-state index in [1.807, 2.05) is 5.57 Å². The molecule has 0 aliphatic heterocycles. The van der Waals surface area contributed by atoms with E-state index in [-0.39, 0.29) is 0 Å². The molecule has 0 heterocycles. The second kappa shape index (κ2) is 7.32. The van der Waals surface area contributed by atoms with Gasteiger partial charge in [-0.15, -0.1) is 0 Å². The summed E-state index contributed by atoms with van der Waals surface area (Å²) in [6.07, 6.45) is 25.8. The van der Waals surface area contributed by atoms with Gasteiger partial charge in [-0.25, -0.2) is 0 Å². The average molecular weight is 450 g/mol. The summed E-state index contributed by atoms with van der Waals surface area (Å²) >= 11 is 2.71. The normalized spacial score (nSPS) is 49.6. The lowest BCUT2D eigenvalue weighted by molar-refractivity contribution is 0.0957. The quantitative estimate of drug-likeness (QED) is 0.223. The molecule has 138 valence electrons. The highest BCUT2D eigenvalue weighted by atomic mass is 127. The minimum absolute atomic E-state index is 0.931. The Kier molecular flexibility index (Phi) is 5.07. The van der Waals surface area contributed by atoms with Gasteiger partial charge in [0.05, 0.1) is 0 Å². The van der Waals surface area contributed by atoms with Crippen LogP contribution >= 0.6 is 22.6 Å². The second-order valence-corrected chi connectivity index (χ2v) is 11.8. The van der Waals surface area contributed by atoms with Crippen LogP contribution in [0.4, 0.5) is 0 Å². The second-order valence-electron chi connectivity index (χ2n) is 10.0. The first kappa shape index (κ1) is 17.3. The fraction of sp³-hybridized carbons (Fsp3) is 0.833. The smallest absolute Gasteiger partial charge is 0.0112 e. The molecule has 0 bridgehead atoms. The summed E-state index contributed by atoms with van der Waals surface area (Å²) in [5.41, 5.74) is 1.91. The Bertz CT molecular complexity index is 546. The molecule has 0 saturated heterocycles. The van der Waals surface area contributed by atoms with Crippen LogP contribution in [-0.2, 0) is 0 Å². The SMILES string of the molecule is IC1CCC2CC(C3=CC[C@H]4C(CCC5CCC=CC54)C3)CCC2C1. The van der Waals surface area contributed by atoms with Gasteiger partial charge in [-0.2, -0.15) is 0 Å². The number of fused-ring (bicyclic) bond motifs is 4. The lowest BCUT2D eigenvalue weighted by atomic mass is 9.58. The number of alkyl halides is 1. The topological polar surface area (TPSA) is 0 Å².